The van der Waals surface area contributed by atoms with Gasteiger partial charge in [0.25, 0.3) is 5.91 Å². The van der Waals surface area contributed by atoms with Crippen molar-refractivity contribution in [2.24, 2.45) is 0 Å². The summed E-state index contributed by atoms with van der Waals surface area (Å²) in [6.07, 6.45) is 6.55. The Morgan fingerprint density at radius 1 is 1.07 bits per heavy atom. The van der Waals surface area contributed by atoms with Gasteiger partial charge in [0.05, 0.1) is 0 Å². The first-order valence-electron chi connectivity index (χ1n) is 11.6. The van der Waals surface area contributed by atoms with Crippen LogP contribution in [0.3, 0.4) is 0 Å². The van der Waals surface area contributed by atoms with E-state index in [0.717, 1.165) is 31.6 Å². The van der Waals surface area contributed by atoms with Gasteiger partial charge in [-0.05, 0) is 91.2 Å². The first kappa shape index (κ1) is 21.2. The number of hydrogen-bond donors (Lipinski definition) is 0. The van der Waals surface area contributed by atoms with Gasteiger partial charge < -0.3 is 9.32 Å². The van der Waals surface area contributed by atoms with Gasteiger partial charge in [0.15, 0.2) is 5.76 Å². The molecule has 1 unspecified atom stereocenters. The molecule has 3 heteroatoms. The summed E-state index contributed by atoms with van der Waals surface area (Å²) in [5, 5.41) is 0. The SMILES string of the molecule is Cc1cc2c(cc1Cc1ccc(C(=O)N3CCCCC3C)o1)C(C)(C)CCC2(C)C. The lowest BCUT2D eigenvalue weighted by molar-refractivity contribution is 0.0601. The molecule has 1 fully saturated rings. The van der Waals surface area contributed by atoms with Crippen LogP contribution in [0.15, 0.2) is 28.7 Å². The van der Waals surface area contributed by atoms with Crippen molar-refractivity contribution in [3.8, 4) is 0 Å². The number of furan rings is 1. The highest BCUT2D eigenvalue weighted by Gasteiger charge is 2.37. The quantitative estimate of drug-likeness (QED) is 0.578. The molecular formula is C27H37NO2. The van der Waals surface area contributed by atoms with E-state index >= 15 is 0 Å². The second kappa shape index (κ2) is 7.59. The van der Waals surface area contributed by atoms with Crippen LogP contribution >= 0.6 is 0 Å². The predicted octanol–water partition coefficient (Wildman–Crippen LogP) is 6.54. The Bertz CT molecular complexity index is 950. The van der Waals surface area contributed by atoms with Gasteiger partial charge in [0, 0.05) is 19.0 Å². The van der Waals surface area contributed by atoms with E-state index < -0.39 is 0 Å². The Labute approximate surface area is 181 Å². The van der Waals surface area contributed by atoms with Crippen molar-refractivity contribution < 1.29 is 9.21 Å². The maximum Gasteiger partial charge on any atom is 0.289 e. The molecule has 1 amide bonds. The normalized spacial score (nSPS) is 22.6. The zero-order valence-corrected chi connectivity index (χ0v) is 19.6. The lowest BCUT2D eigenvalue weighted by Gasteiger charge is -2.42. The molecule has 2 aromatic rings. The maximum atomic E-state index is 12.9. The minimum Gasteiger partial charge on any atom is -0.456 e. The largest absolute Gasteiger partial charge is 0.456 e. The summed E-state index contributed by atoms with van der Waals surface area (Å²) in [5.74, 6) is 1.40. The van der Waals surface area contributed by atoms with Crippen molar-refractivity contribution in [1.82, 2.24) is 4.90 Å². The molecule has 1 aliphatic heterocycles. The minimum atomic E-state index is 0.0403. The summed E-state index contributed by atoms with van der Waals surface area (Å²) in [6, 6.07) is 8.95. The number of aryl methyl sites for hydroxylation is 1. The Kier molecular flexibility index (Phi) is 5.36. The van der Waals surface area contributed by atoms with Crippen LogP contribution in [0.5, 0.6) is 0 Å². The average Bonchev–Trinajstić information content (AvgIpc) is 3.15. The number of amides is 1. The number of carbonyl (C=O) groups is 1. The molecule has 1 atom stereocenters. The van der Waals surface area contributed by atoms with Crippen molar-refractivity contribution in [1.29, 1.82) is 0 Å². The fourth-order valence-electron chi connectivity index (χ4n) is 5.27. The number of carbonyl (C=O) groups excluding carboxylic acids is 1. The molecule has 2 aliphatic rings. The van der Waals surface area contributed by atoms with E-state index in [4.69, 9.17) is 4.42 Å². The topological polar surface area (TPSA) is 33.5 Å². The molecule has 3 nitrogen and oxygen atoms in total. The molecule has 0 spiro atoms. The van der Waals surface area contributed by atoms with Gasteiger partial charge >= 0.3 is 0 Å². The van der Waals surface area contributed by atoms with Crippen molar-refractivity contribution in [2.45, 2.75) is 96.9 Å². The highest BCUT2D eigenvalue weighted by Crippen LogP contribution is 2.46. The van der Waals surface area contributed by atoms with E-state index in [0.29, 0.717) is 11.8 Å². The molecule has 30 heavy (non-hydrogen) atoms. The van der Waals surface area contributed by atoms with E-state index in [1.807, 2.05) is 17.0 Å². The summed E-state index contributed by atoms with van der Waals surface area (Å²) in [6.45, 7) is 14.6. The molecule has 1 aromatic heterocycles. The Balaban J connectivity index is 1.59. The number of benzene rings is 1. The Hall–Kier alpha value is -2.03. The lowest BCUT2D eigenvalue weighted by atomic mass is 9.62. The molecule has 4 rings (SSSR count). The first-order chi connectivity index (χ1) is 14.1. The van der Waals surface area contributed by atoms with E-state index in [-0.39, 0.29) is 16.7 Å². The van der Waals surface area contributed by atoms with Crippen LogP contribution in [0.25, 0.3) is 0 Å². The fourth-order valence-corrected chi connectivity index (χ4v) is 5.27. The molecule has 0 N–H and O–H groups in total. The summed E-state index contributed by atoms with van der Waals surface area (Å²) in [4.78, 5) is 14.9. The monoisotopic (exact) mass is 407 g/mol. The van der Waals surface area contributed by atoms with Crippen molar-refractivity contribution in [2.75, 3.05) is 6.54 Å². The third-order valence-corrected chi connectivity index (χ3v) is 7.61. The predicted molar refractivity (Wildman–Crippen MR) is 122 cm³/mol. The Morgan fingerprint density at radius 3 is 2.40 bits per heavy atom. The van der Waals surface area contributed by atoms with Gasteiger partial charge in [-0.15, -0.1) is 0 Å². The molecule has 162 valence electrons. The number of fused-ring (bicyclic) bond motifs is 1. The van der Waals surface area contributed by atoms with Crippen LogP contribution in [0, 0.1) is 6.92 Å². The zero-order chi connectivity index (χ0) is 21.7. The van der Waals surface area contributed by atoms with Crippen LogP contribution < -0.4 is 0 Å². The second-order valence-electron chi connectivity index (χ2n) is 10.9. The molecule has 1 saturated heterocycles. The van der Waals surface area contributed by atoms with Gasteiger partial charge in [0.2, 0.25) is 0 Å². The minimum absolute atomic E-state index is 0.0403. The lowest BCUT2D eigenvalue weighted by Crippen LogP contribution is -2.41. The van der Waals surface area contributed by atoms with Crippen LogP contribution in [-0.4, -0.2) is 23.4 Å². The number of nitrogens with zero attached hydrogens (tertiary/aromatic N) is 1. The second-order valence-corrected chi connectivity index (χ2v) is 10.9. The summed E-state index contributed by atoms with van der Waals surface area (Å²) >= 11 is 0. The summed E-state index contributed by atoms with van der Waals surface area (Å²) < 4.78 is 6.05. The van der Waals surface area contributed by atoms with E-state index in [2.05, 4.69) is 53.7 Å². The number of hydrogen-bond acceptors (Lipinski definition) is 2. The van der Waals surface area contributed by atoms with Gasteiger partial charge in [0.1, 0.15) is 5.76 Å². The summed E-state index contributed by atoms with van der Waals surface area (Å²) in [5.41, 5.74) is 6.01. The first-order valence-corrected chi connectivity index (χ1v) is 11.6. The average molecular weight is 408 g/mol. The highest BCUT2D eigenvalue weighted by molar-refractivity contribution is 5.91. The number of rotatable bonds is 3. The van der Waals surface area contributed by atoms with Gasteiger partial charge in [-0.3, -0.25) is 4.79 Å². The summed E-state index contributed by atoms with van der Waals surface area (Å²) in [7, 11) is 0. The number of piperidine rings is 1. The van der Waals surface area contributed by atoms with Crippen LogP contribution in [0.4, 0.5) is 0 Å². The van der Waals surface area contributed by atoms with Crippen LogP contribution in [-0.2, 0) is 17.3 Å². The Morgan fingerprint density at radius 2 is 1.73 bits per heavy atom. The molecule has 1 aromatic carbocycles. The smallest absolute Gasteiger partial charge is 0.289 e. The molecule has 1 aliphatic carbocycles. The fraction of sp³-hybridized carbons (Fsp3) is 0.593. The molecule has 0 saturated carbocycles. The van der Waals surface area contributed by atoms with Crippen molar-refractivity contribution in [3.63, 3.8) is 0 Å². The maximum absolute atomic E-state index is 12.9. The van der Waals surface area contributed by atoms with Gasteiger partial charge in [-0.25, -0.2) is 0 Å². The van der Waals surface area contributed by atoms with E-state index in [1.54, 1.807) is 0 Å². The zero-order valence-electron chi connectivity index (χ0n) is 19.6. The highest BCUT2D eigenvalue weighted by atomic mass is 16.4. The van der Waals surface area contributed by atoms with Gasteiger partial charge in [-0.1, -0.05) is 39.8 Å². The van der Waals surface area contributed by atoms with Crippen LogP contribution in [0.2, 0.25) is 0 Å². The third kappa shape index (κ3) is 3.84. The third-order valence-electron chi connectivity index (χ3n) is 7.61. The van der Waals surface area contributed by atoms with E-state index in [9.17, 15) is 4.79 Å². The number of likely N-dealkylation sites (tertiary alicyclic amines) is 1. The van der Waals surface area contributed by atoms with Crippen molar-refractivity contribution >= 4 is 5.91 Å². The molecule has 0 radical (unpaired) electrons. The van der Waals surface area contributed by atoms with E-state index in [1.165, 1.54) is 41.5 Å². The molecular weight excluding hydrogens is 370 g/mol. The molecule has 2 heterocycles. The molecule has 0 bridgehead atoms. The van der Waals surface area contributed by atoms with Crippen LogP contribution in [0.1, 0.15) is 105 Å². The van der Waals surface area contributed by atoms with Crippen molar-refractivity contribution in [3.05, 3.63) is 58.0 Å². The van der Waals surface area contributed by atoms with Gasteiger partial charge in [-0.2, -0.15) is 0 Å². The standard InChI is InChI=1S/C27H37NO2/c1-18-15-22-23(27(5,6)13-12-26(22,3)4)17-20(18)16-21-10-11-24(30-21)25(29)28-14-8-7-9-19(28)2/h10-11,15,17,19H,7-9,12-14,16H2,1-6H3.